The molecule has 0 saturated carbocycles. The minimum absolute atomic E-state index is 0.604. The molecule has 0 radical (unpaired) electrons. The Bertz CT molecular complexity index is 445. The van der Waals surface area contributed by atoms with Crippen LogP contribution in [0, 0.1) is 0 Å². The minimum atomic E-state index is 0.604. The molecule has 0 saturated heterocycles. The van der Waals surface area contributed by atoms with Crippen molar-refractivity contribution in [3.05, 3.63) is 36.5 Å². The van der Waals surface area contributed by atoms with E-state index in [4.69, 9.17) is 0 Å². The van der Waals surface area contributed by atoms with Crippen LogP contribution < -0.4 is 5.32 Å². The van der Waals surface area contributed by atoms with E-state index in [2.05, 4.69) is 53.3 Å². The molecule has 1 N–H and O–H groups in total. The fraction of sp³-hybridized carbons (Fsp3) is 0.429. The van der Waals surface area contributed by atoms with Crippen molar-refractivity contribution >= 4 is 10.9 Å². The van der Waals surface area contributed by atoms with Gasteiger partial charge < -0.3 is 9.88 Å². The first-order chi connectivity index (χ1) is 7.86. The molecule has 0 fully saturated rings. The first-order valence-corrected chi connectivity index (χ1v) is 6.07. The van der Waals surface area contributed by atoms with Gasteiger partial charge >= 0.3 is 0 Å². The van der Waals surface area contributed by atoms with Gasteiger partial charge in [0.25, 0.3) is 0 Å². The first-order valence-electron chi connectivity index (χ1n) is 6.07. The van der Waals surface area contributed by atoms with Crippen molar-refractivity contribution in [2.24, 2.45) is 0 Å². The van der Waals surface area contributed by atoms with E-state index in [1.807, 2.05) is 7.05 Å². The third-order valence-corrected chi connectivity index (χ3v) is 3.22. The van der Waals surface area contributed by atoms with Crippen molar-refractivity contribution in [1.29, 1.82) is 0 Å². The monoisotopic (exact) mass is 216 g/mol. The predicted molar refractivity (Wildman–Crippen MR) is 69.8 cm³/mol. The summed E-state index contributed by atoms with van der Waals surface area (Å²) in [5, 5.41) is 4.57. The quantitative estimate of drug-likeness (QED) is 0.812. The first kappa shape index (κ1) is 11.2. The van der Waals surface area contributed by atoms with Crippen LogP contribution in [0.5, 0.6) is 0 Å². The molecule has 1 atom stereocenters. The number of hydrogen-bond acceptors (Lipinski definition) is 1. The molecule has 2 aromatic rings. The van der Waals surface area contributed by atoms with Gasteiger partial charge in [0.05, 0.1) is 0 Å². The number of nitrogens with zero attached hydrogens (tertiary/aromatic N) is 1. The van der Waals surface area contributed by atoms with Crippen molar-refractivity contribution < 1.29 is 0 Å². The van der Waals surface area contributed by atoms with Gasteiger partial charge in [0, 0.05) is 17.8 Å². The summed E-state index contributed by atoms with van der Waals surface area (Å²) in [5.74, 6) is 0. The van der Waals surface area contributed by atoms with Crippen LogP contribution in [0.25, 0.3) is 10.9 Å². The number of hydrogen-bond donors (Lipinski definition) is 1. The van der Waals surface area contributed by atoms with Crippen LogP contribution in [-0.2, 0) is 0 Å². The standard InChI is InChI=1S/C14H20N2/c1-3-13(8-10-15-2)16-11-9-12-6-4-5-7-14(12)16/h4-7,9,11,13,15H,3,8,10H2,1-2H3. The summed E-state index contributed by atoms with van der Waals surface area (Å²) < 4.78 is 2.41. The van der Waals surface area contributed by atoms with Crippen molar-refractivity contribution in [3.8, 4) is 0 Å². The number of nitrogens with one attached hydrogen (secondary N) is 1. The van der Waals surface area contributed by atoms with Gasteiger partial charge in [0.2, 0.25) is 0 Å². The molecule has 16 heavy (non-hydrogen) atoms. The Kier molecular flexibility index (Phi) is 3.62. The Hall–Kier alpha value is -1.28. The maximum absolute atomic E-state index is 3.23. The summed E-state index contributed by atoms with van der Waals surface area (Å²) in [4.78, 5) is 0. The van der Waals surface area contributed by atoms with E-state index in [0.717, 1.165) is 6.54 Å². The fourth-order valence-corrected chi connectivity index (χ4v) is 2.27. The lowest BCUT2D eigenvalue weighted by atomic mass is 10.1. The summed E-state index contributed by atoms with van der Waals surface area (Å²) in [5.41, 5.74) is 1.35. The van der Waals surface area contributed by atoms with Crippen LogP contribution in [0.1, 0.15) is 25.8 Å². The Morgan fingerprint density at radius 2 is 2.06 bits per heavy atom. The highest BCUT2D eigenvalue weighted by molar-refractivity contribution is 5.80. The highest BCUT2D eigenvalue weighted by Crippen LogP contribution is 2.23. The van der Waals surface area contributed by atoms with E-state index in [-0.39, 0.29) is 0 Å². The molecule has 0 aliphatic rings. The maximum Gasteiger partial charge on any atom is 0.0482 e. The summed E-state index contributed by atoms with van der Waals surface area (Å²) in [6.45, 7) is 3.33. The van der Waals surface area contributed by atoms with E-state index in [1.54, 1.807) is 0 Å². The SMILES string of the molecule is CCC(CCNC)n1ccc2ccccc21. The maximum atomic E-state index is 3.23. The second-order valence-corrected chi connectivity index (χ2v) is 4.24. The van der Waals surface area contributed by atoms with E-state index in [0.29, 0.717) is 6.04 Å². The lowest BCUT2D eigenvalue weighted by molar-refractivity contribution is 0.457. The molecule has 1 aromatic heterocycles. The molecule has 0 bridgehead atoms. The highest BCUT2D eigenvalue weighted by atomic mass is 15.0. The summed E-state index contributed by atoms with van der Waals surface area (Å²) >= 11 is 0. The molecule has 0 spiro atoms. The van der Waals surface area contributed by atoms with Crippen LogP contribution in [0.2, 0.25) is 0 Å². The van der Waals surface area contributed by atoms with Gasteiger partial charge in [0.15, 0.2) is 0 Å². The molecule has 2 nitrogen and oxygen atoms in total. The highest BCUT2D eigenvalue weighted by Gasteiger charge is 2.10. The predicted octanol–water partition coefficient (Wildman–Crippen LogP) is 3.20. The third kappa shape index (κ3) is 2.12. The molecule has 2 rings (SSSR count). The molecular formula is C14H20N2. The van der Waals surface area contributed by atoms with Gasteiger partial charge in [-0.15, -0.1) is 0 Å². The Morgan fingerprint density at radius 3 is 2.81 bits per heavy atom. The molecule has 2 heteroatoms. The van der Waals surface area contributed by atoms with E-state index < -0.39 is 0 Å². The number of fused-ring (bicyclic) bond motifs is 1. The lowest BCUT2D eigenvalue weighted by Gasteiger charge is -2.18. The normalized spacial score (nSPS) is 13.1. The van der Waals surface area contributed by atoms with Gasteiger partial charge in [0.1, 0.15) is 0 Å². The molecule has 0 amide bonds. The van der Waals surface area contributed by atoms with Crippen molar-refractivity contribution in [2.45, 2.75) is 25.8 Å². The van der Waals surface area contributed by atoms with Gasteiger partial charge in [-0.1, -0.05) is 25.1 Å². The smallest absolute Gasteiger partial charge is 0.0482 e. The Morgan fingerprint density at radius 1 is 1.25 bits per heavy atom. The van der Waals surface area contributed by atoms with Crippen molar-refractivity contribution in [3.63, 3.8) is 0 Å². The molecule has 0 aliphatic heterocycles. The van der Waals surface area contributed by atoms with Crippen LogP contribution >= 0.6 is 0 Å². The molecule has 86 valence electrons. The summed E-state index contributed by atoms with van der Waals surface area (Å²) in [6, 6.07) is 11.4. The van der Waals surface area contributed by atoms with Gasteiger partial charge in [-0.3, -0.25) is 0 Å². The zero-order valence-corrected chi connectivity index (χ0v) is 10.1. The van der Waals surface area contributed by atoms with E-state index in [1.165, 1.54) is 23.7 Å². The van der Waals surface area contributed by atoms with E-state index >= 15 is 0 Å². The van der Waals surface area contributed by atoms with Crippen LogP contribution in [0.15, 0.2) is 36.5 Å². The molecule has 1 heterocycles. The minimum Gasteiger partial charge on any atom is -0.344 e. The van der Waals surface area contributed by atoms with Gasteiger partial charge in [-0.2, -0.15) is 0 Å². The van der Waals surface area contributed by atoms with Crippen molar-refractivity contribution in [1.82, 2.24) is 9.88 Å². The fourth-order valence-electron chi connectivity index (χ4n) is 2.27. The average Bonchev–Trinajstić information content (AvgIpc) is 2.75. The number of aromatic nitrogens is 1. The largest absolute Gasteiger partial charge is 0.344 e. The van der Waals surface area contributed by atoms with Crippen LogP contribution in [0.4, 0.5) is 0 Å². The summed E-state index contributed by atoms with van der Waals surface area (Å²) in [6.07, 6.45) is 4.58. The van der Waals surface area contributed by atoms with Gasteiger partial charge in [-0.25, -0.2) is 0 Å². The number of benzene rings is 1. The zero-order chi connectivity index (χ0) is 11.4. The molecule has 1 unspecified atom stereocenters. The average molecular weight is 216 g/mol. The molecular weight excluding hydrogens is 196 g/mol. The van der Waals surface area contributed by atoms with E-state index in [9.17, 15) is 0 Å². The summed E-state index contributed by atoms with van der Waals surface area (Å²) in [7, 11) is 2.01. The Labute approximate surface area is 97.3 Å². The van der Waals surface area contributed by atoms with Crippen LogP contribution in [0.3, 0.4) is 0 Å². The Balaban J connectivity index is 2.30. The van der Waals surface area contributed by atoms with Crippen molar-refractivity contribution in [2.75, 3.05) is 13.6 Å². The number of para-hydroxylation sites is 1. The number of rotatable bonds is 5. The second-order valence-electron chi connectivity index (χ2n) is 4.24. The zero-order valence-electron chi connectivity index (χ0n) is 10.1. The molecule has 0 aliphatic carbocycles. The topological polar surface area (TPSA) is 17.0 Å². The third-order valence-electron chi connectivity index (χ3n) is 3.22. The van der Waals surface area contributed by atoms with Gasteiger partial charge in [-0.05, 0) is 44.0 Å². The second kappa shape index (κ2) is 5.17. The molecule has 1 aromatic carbocycles. The van der Waals surface area contributed by atoms with Crippen LogP contribution in [-0.4, -0.2) is 18.2 Å². The lowest BCUT2D eigenvalue weighted by Crippen LogP contribution is -2.15.